The van der Waals surface area contributed by atoms with E-state index in [-0.39, 0.29) is 6.61 Å². The fourth-order valence-electron chi connectivity index (χ4n) is 2.52. The van der Waals surface area contributed by atoms with E-state index in [1.807, 2.05) is 54.6 Å². The van der Waals surface area contributed by atoms with E-state index in [2.05, 4.69) is 4.98 Å². The first-order chi connectivity index (χ1) is 12.8. The van der Waals surface area contributed by atoms with Crippen LogP contribution in [0.5, 0.6) is 23.1 Å². The molecule has 3 aromatic rings. The summed E-state index contributed by atoms with van der Waals surface area (Å²) in [6, 6.07) is 20.7. The van der Waals surface area contributed by atoms with Crippen LogP contribution in [-0.2, 0) is 6.61 Å². The highest BCUT2D eigenvalue weighted by Gasteiger charge is 2.24. The van der Waals surface area contributed by atoms with Gasteiger partial charge >= 0.3 is 0 Å². The van der Waals surface area contributed by atoms with Crippen LogP contribution in [0.25, 0.3) is 0 Å². The van der Waals surface area contributed by atoms with Crippen LogP contribution in [-0.4, -0.2) is 17.9 Å². The molecule has 0 N–H and O–H groups in total. The van der Waals surface area contributed by atoms with Gasteiger partial charge in [-0.2, -0.15) is 0 Å². The minimum atomic E-state index is -0.526. The lowest BCUT2D eigenvalue weighted by atomic mass is 10.2. The van der Waals surface area contributed by atoms with E-state index in [1.165, 1.54) is 0 Å². The molecule has 6 heteroatoms. The highest BCUT2D eigenvalue weighted by Crippen LogP contribution is 2.34. The van der Waals surface area contributed by atoms with Gasteiger partial charge in [0.05, 0.1) is 0 Å². The highest BCUT2D eigenvalue weighted by molar-refractivity contribution is 6.29. The topological polar surface area (TPSA) is 49.8 Å². The molecule has 0 saturated carbocycles. The van der Waals surface area contributed by atoms with Crippen LogP contribution >= 0.6 is 11.6 Å². The second-order valence-corrected chi connectivity index (χ2v) is 6.05. The fraction of sp³-hybridized carbons (Fsp3) is 0.150. The smallest absolute Gasteiger partial charge is 0.275 e. The number of hydrogen-bond donors (Lipinski definition) is 0. The minimum absolute atomic E-state index is 0.181. The van der Waals surface area contributed by atoms with E-state index in [0.717, 1.165) is 5.56 Å². The monoisotopic (exact) mass is 369 g/mol. The SMILES string of the molecule is Clc1cc(OCc2ccccc2)cc(OCC2Oc3ccccc3O2)n1. The van der Waals surface area contributed by atoms with Crippen molar-refractivity contribution in [2.45, 2.75) is 12.9 Å². The quantitative estimate of drug-likeness (QED) is 0.599. The third kappa shape index (κ3) is 4.00. The predicted molar refractivity (Wildman–Crippen MR) is 97.0 cm³/mol. The van der Waals surface area contributed by atoms with Crippen LogP contribution in [0.2, 0.25) is 5.15 Å². The van der Waals surface area contributed by atoms with Crippen molar-refractivity contribution in [2.24, 2.45) is 0 Å². The average molecular weight is 370 g/mol. The third-order valence-corrected chi connectivity index (χ3v) is 3.92. The Kier molecular flexibility index (Phi) is 4.80. The van der Waals surface area contributed by atoms with Gasteiger partial charge in [0.25, 0.3) is 6.29 Å². The first kappa shape index (κ1) is 16.5. The summed E-state index contributed by atoms with van der Waals surface area (Å²) in [7, 11) is 0. The van der Waals surface area contributed by atoms with Gasteiger partial charge in [-0.05, 0) is 17.7 Å². The lowest BCUT2D eigenvalue weighted by Crippen LogP contribution is -2.26. The highest BCUT2D eigenvalue weighted by atomic mass is 35.5. The van der Waals surface area contributed by atoms with Crippen LogP contribution in [0.15, 0.2) is 66.7 Å². The summed E-state index contributed by atoms with van der Waals surface area (Å²) in [5.41, 5.74) is 1.06. The number of rotatable bonds is 6. The molecule has 132 valence electrons. The Bertz CT molecular complexity index is 863. The first-order valence-corrected chi connectivity index (χ1v) is 8.53. The van der Waals surface area contributed by atoms with E-state index in [4.69, 9.17) is 30.5 Å². The van der Waals surface area contributed by atoms with Gasteiger partial charge in [0.1, 0.15) is 17.5 Å². The summed E-state index contributed by atoms with van der Waals surface area (Å²) in [6.45, 7) is 0.616. The molecule has 1 aromatic heterocycles. The molecule has 1 aliphatic heterocycles. The van der Waals surface area contributed by atoms with E-state index in [1.54, 1.807) is 12.1 Å². The number of fused-ring (bicyclic) bond motifs is 1. The number of nitrogens with zero attached hydrogens (tertiary/aromatic N) is 1. The van der Waals surface area contributed by atoms with E-state index in [9.17, 15) is 0 Å². The average Bonchev–Trinajstić information content (AvgIpc) is 3.08. The molecule has 0 unspecified atom stereocenters. The number of hydrogen-bond acceptors (Lipinski definition) is 5. The van der Waals surface area contributed by atoms with Crippen molar-refractivity contribution in [1.29, 1.82) is 0 Å². The number of aromatic nitrogens is 1. The Balaban J connectivity index is 1.36. The zero-order chi connectivity index (χ0) is 17.8. The molecule has 0 saturated heterocycles. The van der Waals surface area contributed by atoms with Crippen LogP contribution < -0.4 is 18.9 Å². The van der Waals surface area contributed by atoms with Crippen LogP contribution in [0.3, 0.4) is 0 Å². The molecule has 0 spiro atoms. The lowest BCUT2D eigenvalue weighted by Gasteiger charge is -2.13. The Morgan fingerprint density at radius 2 is 1.58 bits per heavy atom. The van der Waals surface area contributed by atoms with Gasteiger partial charge in [-0.3, -0.25) is 0 Å². The third-order valence-electron chi connectivity index (χ3n) is 3.73. The maximum Gasteiger partial charge on any atom is 0.275 e. The summed E-state index contributed by atoms with van der Waals surface area (Å²) in [5, 5.41) is 0.294. The second kappa shape index (κ2) is 7.54. The molecule has 0 bridgehead atoms. The van der Waals surface area contributed by atoms with Crippen molar-refractivity contribution < 1.29 is 18.9 Å². The molecule has 2 aromatic carbocycles. The molecular formula is C20H16ClNO4. The summed E-state index contributed by atoms with van der Waals surface area (Å²) < 4.78 is 22.7. The Labute approximate surface area is 156 Å². The van der Waals surface area contributed by atoms with Crippen molar-refractivity contribution >= 4 is 11.6 Å². The number of halogens is 1. The standard InChI is InChI=1S/C20H16ClNO4/c21-18-10-15(23-12-14-6-2-1-3-7-14)11-19(22-18)24-13-20-25-16-8-4-5-9-17(16)26-20/h1-11,20H,12-13H2. The summed E-state index contributed by atoms with van der Waals surface area (Å²) in [5.74, 6) is 2.34. The normalized spacial score (nSPS) is 12.8. The van der Waals surface area contributed by atoms with Gasteiger partial charge in [-0.15, -0.1) is 0 Å². The van der Waals surface area contributed by atoms with Gasteiger partial charge in [-0.25, -0.2) is 4.98 Å². The van der Waals surface area contributed by atoms with Crippen LogP contribution in [0, 0.1) is 0 Å². The van der Waals surface area contributed by atoms with Crippen molar-refractivity contribution in [3.8, 4) is 23.1 Å². The minimum Gasteiger partial charge on any atom is -0.489 e. The molecule has 5 nitrogen and oxygen atoms in total. The maximum atomic E-state index is 6.07. The molecule has 0 aliphatic carbocycles. The number of para-hydroxylation sites is 2. The number of pyridine rings is 1. The molecule has 0 amide bonds. The Morgan fingerprint density at radius 1 is 0.885 bits per heavy atom. The first-order valence-electron chi connectivity index (χ1n) is 8.16. The largest absolute Gasteiger partial charge is 0.489 e. The molecule has 4 rings (SSSR count). The number of benzene rings is 2. The van der Waals surface area contributed by atoms with Crippen molar-refractivity contribution in [1.82, 2.24) is 4.98 Å². The van der Waals surface area contributed by atoms with Crippen LogP contribution in [0.1, 0.15) is 5.56 Å². The number of ether oxygens (including phenoxy) is 4. The molecule has 0 atom stereocenters. The predicted octanol–water partition coefficient (Wildman–Crippen LogP) is 4.49. The Hall–Kier alpha value is -2.92. The van der Waals surface area contributed by atoms with Gasteiger partial charge in [0.2, 0.25) is 5.88 Å². The van der Waals surface area contributed by atoms with Gasteiger partial charge in [0.15, 0.2) is 18.1 Å². The molecule has 0 radical (unpaired) electrons. The van der Waals surface area contributed by atoms with Crippen LogP contribution in [0.4, 0.5) is 0 Å². The zero-order valence-electron chi connectivity index (χ0n) is 13.8. The molecule has 0 fully saturated rings. The maximum absolute atomic E-state index is 6.07. The van der Waals surface area contributed by atoms with Gasteiger partial charge < -0.3 is 18.9 Å². The molecular weight excluding hydrogens is 354 g/mol. The summed E-state index contributed by atoms with van der Waals surface area (Å²) >= 11 is 6.07. The van der Waals surface area contributed by atoms with Gasteiger partial charge in [-0.1, -0.05) is 54.1 Å². The van der Waals surface area contributed by atoms with Crippen molar-refractivity contribution in [2.75, 3.05) is 6.61 Å². The fourth-order valence-corrected chi connectivity index (χ4v) is 2.71. The lowest BCUT2D eigenvalue weighted by molar-refractivity contribution is 0.00645. The summed E-state index contributed by atoms with van der Waals surface area (Å²) in [4.78, 5) is 4.15. The molecule has 26 heavy (non-hydrogen) atoms. The van der Waals surface area contributed by atoms with E-state index >= 15 is 0 Å². The van der Waals surface area contributed by atoms with Crippen molar-refractivity contribution in [3.05, 3.63) is 77.4 Å². The molecule has 2 heterocycles. The van der Waals surface area contributed by atoms with Gasteiger partial charge in [0, 0.05) is 12.1 Å². The zero-order valence-corrected chi connectivity index (χ0v) is 14.6. The van der Waals surface area contributed by atoms with Crippen molar-refractivity contribution in [3.63, 3.8) is 0 Å². The summed E-state index contributed by atoms with van der Waals surface area (Å²) in [6.07, 6.45) is -0.526. The molecule has 1 aliphatic rings. The second-order valence-electron chi connectivity index (χ2n) is 5.66. The Morgan fingerprint density at radius 3 is 2.31 bits per heavy atom. The van der Waals surface area contributed by atoms with E-state index < -0.39 is 6.29 Å². The van der Waals surface area contributed by atoms with E-state index in [0.29, 0.717) is 34.9 Å².